The van der Waals surface area contributed by atoms with Crippen molar-refractivity contribution in [3.05, 3.63) is 64.5 Å². The van der Waals surface area contributed by atoms with Crippen LogP contribution in [0.5, 0.6) is 0 Å². The van der Waals surface area contributed by atoms with Crippen LogP contribution in [0.25, 0.3) is 11.5 Å². The van der Waals surface area contributed by atoms with E-state index >= 15 is 0 Å². The summed E-state index contributed by atoms with van der Waals surface area (Å²) in [7, 11) is 0. The number of benzene rings is 2. The average Bonchev–Trinajstić information content (AvgIpc) is 3.01. The third kappa shape index (κ3) is 3.35. The molecule has 6 heteroatoms. The van der Waals surface area contributed by atoms with Crippen LogP contribution in [0.2, 0.25) is 10.0 Å². The molecule has 4 nitrogen and oxygen atoms in total. The molecule has 0 atom stereocenters. The molecular weight excluding hydrogens is 309 g/mol. The van der Waals surface area contributed by atoms with Crippen LogP contribution >= 0.6 is 23.2 Å². The predicted octanol–water partition coefficient (Wildman–Crippen LogP) is 4.66. The second kappa shape index (κ2) is 6.16. The van der Waals surface area contributed by atoms with Crippen LogP contribution in [0.3, 0.4) is 0 Å². The third-order valence-corrected chi connectivity index (χ3v) is 3.58. The maximum atomic E-state index is 6.14. The number of anilines is 1. The van der Waals surface area contributed by atoms with E-state index in [-0.39, 0.29) is 0 Å². The number of nitrogens with one attached hydrogen (secondary N) is 1. The van der Waals surface area contributed by atoms with Gasteiger partial charge >= 0.3 is 0 Å². The summed E-state index contributed by atoms with van der Waals surface area (Å²) in [5.74, 6) is 0.502. The first-order valence-electron chi connectivity index (χ1n) is 6.27. The molecule has 0 fully saturated rings. The normalized spacial score (nSPS) is 10.6. The monoisotopic (exact) mass is 319 g/mol. The lowest BCUT2D eigenvalue weighted by Gasteiger charge is -2.08. The Labute approximate surface area is 131 Å². The molecule has 1 N–H and O–H groups in total. The Hall–Kier alpha value is -2.04. The van der Waals surface area contributed by atoms with Crippen molar-refractivity contribution in [2.75, 3.05) is 5.32 Å². The fourth-order valence-electron chi connectivity index (χ4n) is 1.89. The molecule has 0 aliphatic heterocycles. The van der Waals surface area contributed by atoms with E-state index in [1.807, 2.05) is 36.4 Å². The highest BCUT2D eigenvalue weighted by Gasteiger charge is 2.04. The molecule has 0 aliphatic carbocycles. The second-order valence-corrected chi connectivity index (χ2v) is 5.25. The van der Waals surface area contributed by atoms with Crippen molar-refractivity contribution < 1.29 is 4.42 Å². The van der Waals surface area contributed by atoms with Gasteiger partial charge in [0, 0.05) is 27.8 Å². The van der Waals surface area contributed by atoms with Gasteiger partial charge in [0.25, 0.3) is 0 Å². The first kappa shape index (κ1) is 13.9. The maximum Gasteiger partial charge on any atom is 0.247 e. The lowest BCUT2D eigenvalue weighted by atomic mass is 10.2. The summed E-state index contributed by atoms with van der Waals surface area (Å²) < 4.78 is 5.14. The maximum absolute atomic E-state index is 6.14. The second-order valence-electron chi connectivity index (χ2n) is 4.41. The summed E-state index contributed by atoms with van der Waals surface area (Å²) in [5, 5.41) is 12.1. The molecule has 3 rings (SSSR count). The van der Waals surface area contributed by atoms with Gasteiger partial charge in [-0.1, -0.05) is 29.3 Å². The van der Waals surface area contributed by atoms with Gasteiger partial charge in [-0.3, -0.25) is 0 Å². The fraction of sp³-hybridized carbons (Fsp3) is 0.0667. The lowest BCUT2D eigenvalue weighted by molar-refractivity contribution is 0.568. The highest BCUT2D eigenvalue weighted by Crippen LogP contribution is 2.23. The largest absolute Gasteiger partial charge is 0.423 e. The Morgan fingerprint density at radius 1 is 1.05 bits per heavy atom. The topological polar surface area (TPSA) is 51.0 Å². The van der Waals surface area contributed by atoms with E-state index < -0.39 is 0 Å². The summed E-state index contributed by atoms with van der Waals surface area (Å²) in [6, 6.07) is 13.2. The van der Waals surface area contributed by atoms with Crippen LogP contribution in [-0.2, 0) is 6.54 Å². The molecule has 1 aromatic heterocycles. The van der Waals surface area contributed by atoms with Crippen LogP contribution in [0.15, 0.2) is 53.3 Å². The number of rotatable bonds is 4. The molecule has 3 aromatic rings. The van der Waals surface area contributed by atoms with E-state index in [4.69, 9.17) is 27.6 Å². The molecule has 2 aromatic carbocycles. The Balaban J connectivity index is 1.68. The predicted molar refractivity (Wildman–Crippen MR) is 83.5 cm³/mol. The summed E-state index contributed by atoms with van der Waals surface area (Å²) in [4.78, 5) is 0. The van der Waals surface area contributed by atoms with Gasteiger partial charge < -0.3 is 9.73 Å². The molecule has 0 saturated heterocycles. The van der Waals surface area contributed by atoms with Gasteiger partial charge in [0.15, 0.2) is 0 Å². The Kier molecular flexibility index (Phi) is 4.08. The smallest absolute Gasteiger partial charge is 0.247 e. The summed E-state index contributed by atoms with van der Waals surface area (Å²) in [6.07, 6.45) is 1.31. The van der Waals surface area contributed by atoms with Crippen molar-refractivity contribution in [2.45, 2.75) is 6.54 Å². The standard InChI is InChI=1S/C15H11Cl2N3O/c16-12-4-1-11(14(17)7-12)8-18-13-5-2-10(3-6-13)15-20-19-9-21-15/h1-7,9,18H,8H2. The summed E-state index contributed by atoms with van der Waals surface area (Å²) in [5.41, 5.74) is 2.84. The minimum Gasteiger partial charge on any atom is -0.423 e. The van der Waals surface area contributed by atoms with Gasteiger partial charge in [-0.2, -0.15) is 0 Å². The van der Waals surface area contributed by atoms with Crippen LogP contribution in [-0.4, -0.2) is 10.2 Å². The van der Waals surface area contributed by atoms with Gasteiger partial charge in [-0.25, -0.2) is 0 Å². The Morgan fingerprint density at radius 2 is 1.86 bits per heavy atom. The van der Waals surface area contributed by atoms with E-state index in [1.165, 1.54) is 6.39 Å². The average molecular weight is 320 g/mol. The molecule has 0 spiro atoms. The van der Waals surface area contributed by atoms with Crippen LogP contribution in [0.1, 0.15) is 5.56 Å². The van der Waals surface area contributed by atoms with Crippen molar-refractivity contribution in [3.8, 4) is 11.5 Å². The van der Waals surface area contributed by atoms with Crippen molar-refractivity contribution in [3.63, 3.8) is 0 Å². The minimum absolute atomic E-state index is 0.502. The molecule has 0 aliphatic rings. The zero-order valence-electron chi connectivity index (χ0n) is 10.9. The van der Waals surface area contributed by atoms with Crippen LogP contribution in [0.4, 0.5) is 5.69 Å². The van der Waals surface area contributed by atoms with Gasteiger partial charge in [0.1, 0.15) is 0 Å². The van der Waals surface area contributed by atoms with Crippen LogP contribution < -0.4 is 5.32 Å². The van der Waals surface area contributed by atoms with E-state index in [2.05, 4.69) is 15.5 Å². The molecule has 1 heterocycles. The van der Waals surface area contributed by atoms with E-state index in [0.29, 0.717) is 22.5 Å². The van der Waals surface area contributed by atoms with Gasteiger partial charge in [0.2, 0.25) is 12.3 Å². The molecule has 0 saturated carbocycles. The lowest BCUT2D eigenvalue weighted by Crippen LogP contribution is -1.99. The molecule has 0 unspecified atom stereocenters. The van der Waals surface area contributed by atoms with Crippen molar-refractivity contribution in [1.29, 1.82) is 0 Å². The first-order chi connectivity index (χ1) is 10.2. The molecule has 21 heavy (non-hydrogen) atoms. The third-order valence-electron chi connectivity index (χ3n) is 2.99. The van der Waals surface area contributed by atoms with E-state index in [1.54, 1.807) is 6.07 Å². The van der Waals surface area contributed by atoms with Gasteiger partial charge in [-0.05, 0) is 42.0 Å². The summed E-state index contributed by atoms with van der Waals surface area (Å²) in [6.45, 7) is 0.621. The van der Waals surface area contributed by atoms with E-state index in [9.17, 15) is 0 Å². The fourth-order valence-corrected chi connectivity index (χ4v) is 2.37. The quantitative estimate of drug-likeness (QED) is 0.760. The number of hydrogen-bond donors (Lipinski definition) is 1. The highest BCUT2D eigenvalue weighted by atomic mass is 35.5. The number of nitrogens with zero attached hydrogens (tertiary/aromatic N) is 2. The van der Waals surface area contributed by atoms with Crippen molar-refractivity contribution >= 4 is 28.9 Å². The first-order valence-corrected chi connectivity index (χ1v) is 7.02. The Bertz CT molecular complexity index is 727. The van der Waals surface area contributed by atoms with Crippen molar-refractivity contribution in [2.24, 2.45) is 0 Å². The zero-order valence-corrected chi connectivity index (χ0v) is 12.4. The molecular formula is C15H11Cl2N3O. The molecule has 0 bridgehead atoms. The molecule has 0 radical (unpaired) electrons. The molecule has 106 valence electrons. The van der Waals surface area contributed by atoms with Gasteiger partial charge in [-0.15, -0.1) is 10.2 Å². The molecule has 0 amide bonds. The van der Waals surface area contributed by atoms with Crippen LogP contribution in [0, 0.1) is 0 Å². The SMILES string of the molecule is Clc1ccc(CNc2ccc(-c3nnco3)cc2)c(Cl)c1. The van der Waals surface area contributed by atoms with E-state index in [0.717, 1.165) is 16.8 Å². The van der Waals surface area contributed by atoms with Gasteiger partial charge in [0.05, 0.1) is 0 Å². The number of halogens is 2. The zero-order chi connectivity index (χ0) is 14.7. The highest BCUT2D eigenvalue weighted by molar-refractivity contribution is 6.35. The number of aromatic nitrogens is 2. The minimum atomic E-state index is 0.502. The Morgan fingerprint density at radius 3 is 2.52 bits per heavy atom. The number of hydrogen-bond acceptors (Lipinski definition) is 4. The summed E-state index contributed by atoms with van der Waals surface area (Å²) >= 11 is 12.0. The van der Waals surface area contributed by atoms with Crippen molar-refractivity contribution in [1.82, 2.24) is 10.2 Å².